The smallest absolute Gasteiger partial charge is 0.414 e. The number of aromatic nitrogens is 2. The molecule has 1 aromatic rings. The molecule has 1 atom stereocenters. The molecule has 180 valence electrons. The van der Waals surface area contributed by atoms with Crippen LogP contribution in [0, 0.1) is 0 Å². The third-order valence-electron chi connectivity index (χ3n) is 4.62. The molecule has 0 aliphatic heterocycles. The van der Waals surface area contributed by atoms with Crippen molar-refractivity contribution >= 4 is 23.7 Å². The first kappa shape index (κ1) is 29.5. The van der Waals surface area contributed by atoms with Crippen LogP contribution >= 0.6 is 11.8 Å². The van der Waals surface area contributed by atoms with Crippen molar-refractivity contribution in [3.8, 4) is 0 Å². The van der Waals surface area contributed by atoms with E-state index in [1.54, 1.807) is 0 Å². The van der Waals surface area contributed by atoms with E-state index in [0.717, 1.165) is 13.2 Å². The third kappa shape index (κ3) is 20.1. The van der Waals surface area contributed by atoms with Crippen LogP contribution in [0.4, 0.5) is 0 Å². The number of carboxylic acid groups (broad SMARTS) is 2. The van der Waals surface area contributed by atoms with Gasteiger partial charge in [0.25, 0.3) is 0 Å². The molecule has 0 amide bonds. The highest BCUT2D eigenvalue weighted by Crippen LogP contribution is 2.18. The van der Waals surface area contributed by atoms with Crippen LogP contribution in [0.15, 0.2) is 18.7 Å². The average Bonchev–Trinajstić information content (AvgIpc) is 3.23. The van der Waals surface area contributed by atoms with Gasteiger partial charge in [-0.25, -0.2) is 14.6 Å². The van der Waals surface area contributed by atoms with Gasteiger partial charge in [-0.1, -0.05) is 64.7 Å². The van der Waals surface area contributed by atoms with Crippen molar-refractivity contribution < 1.29 is 24.5 Å². The molecule has 1 aromatic heterocycles. The molecule has 0 saturated carbocycles. The molecule has 0 aliphatic carbocycles. The van der Waals surface area contributed by atoms with Crippen LogP contribution in [0.3, 0.4) is 0 Å². The molecular formula is C23H42N2O5S. The maximum Gasteiger partial charge on any atom is 0.414 e. The summed E-state index contributed by atoms with van der Waals surface area (Å²) in [6.45, 7) is 8.34. The Balaban J connectivity index is 0.00000131. The molecule has 2 N–H and O–H groups in total. The first-order valence-corrected chi connectivity index (χ1v) is 12.6. The summed E-state index contributed by atoms with van der Waals surface area (Å²) in [4.78, 5) is 22.3. The summed E-state index contributed by atoms with van der Waals surface area (Å²) in [7, 11) is 0. The molecule has 1 unspecified atom stereocenters. The Bertz CT molecular complexity index is 540. The molecule has 0 saturated heterocycles. The summed E-state index contributed by atoms with van der Waals surface area (Å²) < 4.78 is 8.02. The lowest BCUT2D eigenvalue weighted by Crippen LogP contribution is -2.21. The van der Waals surface area contributed by atoms with Gasteiger partial charge in [0, 0.05) is 24.2 Å². The Kier molecular flexibility index (Phi) is 19.4. The second-order valence-corrected chi connectivity index (χ2v) is 9.33. The highest BCUT2D eigenvalue weighted by atomic mass is 32.2. The second kappa shape index (κ2) is 20.4. The second-order valence-electron chi connectivity index (χ2n) is 7.93. The van der Waals surface area contributed by atoms with E-state index >= 15 is 0 Å². The summed E-state index contributed by atoms with van der Waals surface area (Å²) in [5, 5.41) is 15.3. The zero-order chi connectivity index (χ0) is 23.3. The molecule has 8 heteroatoms. The van der Waals surface area contributed by atoms with Crippen molar-refractivity contribution in [2.45, 2.75) is 103 Å². The standard InChI is InChI=1S/C21H40N2OS.C2H2O4/c1-4-5-6-7-8-9-10-11-12-13-16-25-21(18-24-20(2)3)17-23-15-14-22-19-23;3-1(4)2(5)6/h14-15,19-21H,4-13,16-18H2,1-3H3;(H,3,4)(H,5,6). The minimum absolute atomic E-state index is 0.309. The summed E-state index contributed by atoms with van der Waals surface area (Å²) in [6.07, 6.45) is 20.2. The highest BCUT2D eigenvalue weighted by molar-refractivity contribution is 7.99. The van der Waals surface area contributed by atoms with Gasteiger partial charge in [-0.05, 0) is 26.0 Å². The van der Waals surface area contributed by atoms with Crippen LogP contribution in [0.25, 0.3) is 0 Å². The van der Waals surface area contributed by atoms with E-state index in [9.17, 15) is 0 Å². The number of carbonyl (C=O) groups is 2. The van der Waals surface area contributed by atoms with Gasteiger partial charge in [0.1, 0.15) is 0 Å². The van der Waals surface area contributed by atoms with E-state index in [-0.39, 0.29) is 0 Å². The number of imidazole rings is 1. The largest absolute Gasteiger partial charge is 0.473 e. The van der Waals surface area contributed by atoms with Gasteiger partial charge in [0.05, 0.1) is 19.0 Å². The zero-order valence-electron chi connectivity index (χ0n) is 19.5. The van der Waals surface area contributed by atoms with Crippen molar-refractivity contribution in [2.24, 2.45) is 0 Å². The van der Waals surface area contributed by atoms with Gasteiger partial charge in [0.2, 0.25) is 0 Å². The number of aliphatic carboxylic acids is 2. The van der Waals surface area contributed by atoms with Gasteiger partial charge in [-0.15, -0.1) is 0 Å². The van der Waals surface area contributed by atoms with Gasteiger partial charge in [-0.3, -0.25) is 0 Å². The SMILES string of the molecule is CCCCCCCCCCCCSC(COC(C)C)Cn1ccnc1.O=C(O)C(=O)O. The molecule has 0 radical (unpaired) electrons. The summed E-state index contributed by atoms with van der Waals surface area (Å²) in [6, 6.07) is 0. The van der Waals surface area contributed by atoms with Crippen LogP contribution in [-0.2, 0) is 20.9 Å². The zero-order valence-corrected chi connectivity index (χ0v) is 20.3. The molecular weight excluding hydrogens is 416 g/mol. The van der Waals surface area contributed by atoms with Crippen molar-refractivity contribution in [1.29, 1.82) is 0 Å². The molecule has 1 heterocycles. The van der Waals surface area contributed by atoms with E-state index < -0.39 is 11.9 Å². The van der Waals surface area contributed by atoms with Crippen molar-refractivity contribution in [3.05, 3.63) is 18.7 Å². The predicted octanol–water partition coefficient (Wildman–Crippen LogP) is 5.49. The summed E-state index contributed by atoms with van der Waals surface area (Å²) in [5.74, 6) is -2.40. The van der Waals surface area contributed by atoms with E-state index in [1.165, 1.54) is 70.0 Å². The molecule has 0 bridgehead atoms. The maximum atomic E-state index is 9.10. The number of hydrogen-bond acceptors (Lipinski definition) is 5. The molecule has 1 rings (SSSR count). The van der Waals surface area contributed by atoms with Gasteiger partial charge < -0.3 is 19.5 Å². The number of unbranched alkanes of at least 4 members (excludes halogenated alkanes) is 9. The van der Waals surface area contributed by atoms with E-state index in [4.69, 9.17) is 24.5 Å². The number of nitrogens with zero attached hydrogens (tertiary/aromatic N) is 2. The topological polar surface area (TPSA) is 102 Å². The van der Waals surface area contributed by atoms with Crippen molar-refractivity contribution in [2.75, 3.05) is 12.4 Å². The first-order valence-electron chi connectivity index (χ1n) is 11.5. The van der Waals surface area contributed by atoms with Crippen LogP contribution in [0.5, 0.6) is 0 Å². The maximum absolute atomic E-state index is 9.10. The normalized spacial score (nSPS) is 11.7. The minimum atomic E-state index is -1.82. The lowest BCUT2D eigenvalue weighted by molar-refractivity contribution is -0.159. The van der Waals surface area contributed by atoms with Crippen molar-refractivity contribution in [3.63, 3.8) is 0 Å². The van der Waals surface area contributed by atoms with Crippen molar-refractivity contribution in [1.82, 2.24) is 9.55 Å². The van der Waals surface area contributed by atoms with Gasteiger partial charge in [-0.2, -0.15) is 11.8 Å². The van der Waals surface area contributed by atoms with E-state index in [0.29, 0.717) is 11.4 Å². The summed E-state index contributed by atoms with van der Waals surface area (Å²) in [5.41, 5.74) is 0. The molecule has 0 spiro atoms. The number of ether oxygens (including phenoxy) is 1. The molecule has 0 fully saturated rings. The lowest BCUT2D eigenvalue weighted by atomic mass is 10.1. The Morgan fingerprint density at radius 1 is 0.968 bits per heavy atom. The first-order chi connectivity index (χ1) is 14.9. The van der Waals surface area contributed by atoms with E-state index in [2.05, 4.69) is 42.1 Å². The molecule has 31 heavy (non-hydrogen) atoms. The Morgan fingerprint density at radius 3 is 1.97 bits per heavy atom. The monoisotopic (exact) mass is 458 g/mol. The predicted molar refractivity (Wildman–Crippen MR) is 127 cm³/mol. The number of thioether (sulfide) groups is 1. The van der Waals surface area contributed by atoms with Crippen LogP contribution in [-0.4, -0.2) is 55.4 Å². The summed E-state index contributed by atoms with van der Waals surface area (Å²) >= 11 is 2.07. The third-order valence-corrected chi connectivity index (χ3v) is 5.90. The van der Waals surface area contributed by atoms with Crippen LogP contribution in [0.2, 0.25) is 0 Å². The van der Waals surface area contributed by atoms with Gasteiger partial charge in [0.15, 0.2) is 0 Å². The average molecular weight is 459 g/mol. The molecule has 0 aliphatic rings. The van der Waals surface area contributed by atoms with Gasteiger partial charge >= 0.3 is 11.9 Å². The van der Waals surface area contributed by atoms with Crippen LogP contribution < -0.4 is 0 Å². The fourth-order valence-electron chi connectivity index (χ4n) is 2.92. The number of rotatable bonds is 17. The lowest BCUT2D eigenvalue weighted by Gasteiger charge is -2.19. The molecule has 0 aromatic carbocycles. The quantitative estimate of drug-likeness (QED) is 0.235. The van der Waals surface area contributed by atoms with E-state index in [1.807, 2.05) is 18.7 Å². The number of carboxylic acids is 2. The number of hydrogen-bond donors (Lipinski definition) is 2. The fourth-order valence-corrected chi connectivity index (χ4v) is 4.08. The minimum Gasteiger partial charge on any atom is -0.473 e. The fraction of sp³-hybridized carbons (Fsp3) is 0.783. The Labute approximate surface area is 192 Å². The Morgan fingerprint density at radius 2 is 1.52 bits per heavy atom. The highest BCUT2D eigenvalue weighted by Gasteiger charge is 2.11. The Hall–Kier alpha value is -1.54. The van der Waals surface area contributed by atoms with Crippen LogP contribution in [0.1, 0.15) is 85.0 Å². The molecule has 7 nitrogen and oxygen atoms in total.